The van der Waals surface area contributed by atoms with Crippen molar-refractivity contribution < 1.29 is 0 Å². The molecule has 0 radical (unpaired) electrons. The maximum absolute atomic E-state index is 9.03. The highest BCUT2D eigenvalue weighted by Gasteiger charge is 2.29. The Morgan fingerprint density at radius 1 is 1.43 bits per heavy atom. The summed E-state index contributed by atoms with van der Waals surface area (Å²) in [6.07, 6.45) is 1.17. The predicted octanol–water partition coefficient (Wildman–Crippen LogP) is 3.77. The zero-order valence-corrected chi connectivity index (χ0v) is 14.1. The molecule has 1 saturated heterocycles. The molecule has 114 valence electrons. The van der Waals surface area contributed by atoms with Crippen LogP contribution in [0, 0.1) is 16.7 Å². The summed E-state index contributed by atoms with van der Waals surface area (Å²) in [7, 11) is 2.17. The highest BCUT2D eigenvalue weighted by molar-refractivity contribution is 6.32. The number of likely N-dealkylation sites (tertiary alicyclic amines) is 1. The monoisotopic (exact) mass is 305 g/mol. The van der Waals surface area contributed by atoms with Gasteiger partial charge in [-0.1, -0.05) is 32.4 Å². The van der Waals surface area contributed by atoms with E-state index in [2.05, 4.69) is 43.7 Å². The third kappa shape index (κ3) is 4.12. The Bertz CT molecular complexity index is 542. The molecule has 21 heavy (non-hydrogen) atoms. The molecule has 0 bridgehead atoms. The van der Waals surface area contributed by atoms with E-state index >= 15 is 0 Å². The Balaban J connectivity index is 2.31. The lowest BCUT2D eigenvalue weighted by atomic mass is 9.94. The van der Waals surface area contributed by atoms with Gasteiger partial charge >= 0.3 is 0 Å². The Kier molecular flexibility index (Phi) is 4.81. The van der Waals surface area contributed by atoms with Crippen molar-refractivity contribution in [3.8, 4) is 6.07 Å². The number of benzene rings is 1. The van der Waals surface area contributed by atoms with E-state index in [0.717, 1.165) is 25.3 Å². The minimum Gasteiger partial charge on any atom is -0.367 e. The van der Waals surface area contributed by atoms with Gasteiger partial charge in [-0.2, -0.15) is 5.26 Å². The lowest BCUT2D eigenvalue weighted by Gasteiger charge is -2.36. The minimum atomic E-state index is 0.210. The first-order valence-corrected chi connectivity index (χ1v) is 7.83. The smallest absolute Gasteiger partial charge is 0.101 e. The van der Waals surface area contributed by atoms with Crippen molar-refractivity contribution in [1.82, 2.24) is 4.90 Å². The first kappa shape index (κ1) is 16.1. The first-order valence-electron chi connectivity index (χ1n) is 7.45. The topological polar surface area (TPSA) is 30.3 Å². The maximum Gasteiger partial charge on any atom is 0.101 e. The molecule has 4 heteroatoms. The van der Waals surface area contributed by atoms with Crippen LogP contribution in [-0.2, 0) is 0 Å². The molecule has 0 aliphatic carbocycles. The minimum absolute atomic E-state index is 0.210. The number of anilines is 1. The van der Waals surface area contributed by atoms with Crippen LogP contribution in [0.4, 0.5) is 5.69 Å². The van der Waals surface area contributed by atoms with Crippen molar-refractivity contribution in [2.75, 3.05) is 31.6 Å². The third-order valence-corrected chi connectivity index (χ3v) is 4.17. The largest absolute Gasteiger partial charge is 0.367 e. The van der Waals surface area contributed by atoms with Gasteiger partial charge in [0.25, 0.3) is 0 Å². The maximum atomic E-state index is 9.03. The van der Waals surface area contributed by atoms with E-state index < -0.39 is 0 Å². The number of likely N-dealkylation sites (N-methyl/N-ethyl adjacent to an activating group) is 1. The van der Waals surface area contributed by atoms with Crippen molar-refractivity contribution >= 4 is 17.3 Å². The van der Waals surface area contributed by atoms with Gasteiger partial charge in [0.1, 0.15) is 6.07 Å². The van der Waals surface area contributed by atoms with E-state index in [0.29, 0.717) is 16.6 Å². The molecule has 1 aromatic carbocycles. The summed E-state index contributed by atoms with van der Waals surface area (Å²) >= 11 is 6.22. The molecule has 0 spiro atoms. The number of halogens is 1. The predicted molar refractivity (Wildman–Crippen MR) is 88.9 cm³/mol. The van der Waals surface area contributed by atoms with Crippen molar-refractivity contribution in [3.05, 3.63) is 28.8 Å². The summed E-state index contributed by atoms with van der Waals surface area (Å²) < 4.78 is 0. The highest BCUT2D eigenvalue weighted by atomic mass is 35.5. The number of rotatable bonds is 3. The van der Waals surface area contributed by atoms with Gasteiger partial charge in [-0.05, 0) is 43.6 Å². The Morgan fingerprint density at radius 2 is 2.14 bits per heavy atom. The molecule has 1 fully saturated rings. The molecule has 2 rings (SSSR count). The average molecular weight is 306 g/mol. The summed E-state index contributed by atoms with van der Waals surface area (Å²) in [4.78, 5) is 4.82. The van der Waals surface area contributed by atoms with Crippen LogP contribution in [-0.4, -0.2) is 37.6 Å². The fourth-order valence-corrected chi connectivity index (χ4v) is 3.10. The van der Waals surface area contributed by atoms with Crippen LogP contribution in [0.5, 0.6) is 0 Å². The summed E-state index contributed by atoms with van der Waals surface area (Å²) in [6.45, 7) is 9.95. The number of nitrogens with zero attached hydrogens (tertiary/aromatic N) is 3. The van der Waals surface area contributed by atoms with Gasteiger partial charge in [-0.3, -0.25) is 0 Å². The van der Waals surface area contributed by atoms with E-state index in [-0.39, 0.29) is 5.41 Å². The third-order valence-electron chi connectivity index (χ3n) is 3.86. The molecule has 1 unspecified atom stereocenters. The second kappa shape index (κ2) is 6.25. The van der Waals surface area contributed by atoms with Crippen LogP contribution < -0.4 is 4.90 Å². The van der Waals surface area contributed by atoms with Gasteiger partial charge in [0.05, 0.1) is 10.6 Å². The van der Waals surface area contributed by atoms with Gasteiger partial charge in [0.2, 0.25) is 0 Å². The van der Waals surface area contributed by atoms with Crippen LogP contribution >= 0.6 is 11.6 Å². The van der Waals surface area contributed by atoms with Crippen LogP contribution in [0.3, 0.4) is 0 Å². The lowest BCUT2D eigenvalue weighted by molar-refractivity contribution is 0.374. The molecule has 1 atom stereocenters. The molecule has 1 aromatic rings. The van der Waals surface area contributed by atoms with Gasteiger partial charge in [0, 0.05) is 24.8 Å². The SMILES string of the molecule is CN1CCC(N(CC(C)(C)C)c2ccc(C#N)c(Cl)c2)C1. The summed E-state index contributed by atoms with van der Waals surface area (Å²) in [5, 5.41) is 9.57. The standard InChI is InChI=1S/C17H24ClN3/c1-17(2,3)12-21(15-7-8-20(4)11-15)14-6-5-13(10-19)16(18)9-14/h5-6,9,15H,7-8,11-12H2,1-4H3. The zero-order chi connectivity index (χ0) is 15.6. The lowest BCUT2D eigenvalue weighted by Crippen LogP contribution is -2.42. The molecular weight excluding hydrogens is 282 g/mol. The zero-order valence-electron chi connectivity index (χ0n) is 13.4. The number of hydrogen-bond acceptors (Lipinski definition) is 3. The van der Waals surface area contributed by atoms with E-state index in [1.54, 1.807) is 0 Å². The van der Waals surface area contributed by atoms with Gasteiger partial charge in [-0.25, -0.2) is 0 Å². The van der Waals surface area contributed by atoms with Gasteiger partial charge < -0.3 is 9.80 Å². The molecular formula is C17H24ClN3. The highest BCUT2D eigenvalue weighted by Crippen LogP contribution is 2.30. The summed E-state index contributed by atoms with van der Waals surface area (Å²) in [5.41, 5.74) is 1.87. The van der Waals surface area contributed by atoms with Gasteiger partial charge in [0.15, 0.2) is 0 Å². The van der Waals surface area contributed by atoms with Crippen LogP contribution in [0.15, 0.2) is 18.2 Å². The molecule has 3 nitrogen and oxygen atoms in total. The Morgan fingerprint density at radius 3 is 2.62 bits per heavy atom. The van der Waals surface area contributed by atoms with E-state index in [4.69, 9.17) is 16.9 Å². The Hall–Kier alpha value is -1.24. The molecule has 1 aliphatic rings. The fraction of sp³-hybridized carbons (Fsp3) is 0.588. The van der Waals surface area contributed by atoms with Crippen molar-refractivity contribution in [2.45, 2.75) is 33.2 Å². The molecule has 0 N–H and O–H groups in total. The molecule has 0 amide bonds. The van der Waals surface area contributed by atoms with Crippen molar-refractivity contribution in [2.24, 2.45) is 5.41 Å². The van der Waals surface area contributed by atoms with E-state index in [1.807, 2.05) is 18.2 Å². The second-order valence-electron chi connectivity index (χ2n) is 7.17. The van der Waals surface area contributed by atoms with Crippen LogP contribution in [0.25, 0.3) is 0 Å². The molecule has 1 heterocycles. The quantitative estimate of drug-likeness (QED) is 0.851. The Labute approximate surface area is 133 Å². The normalized spacial score (nSPS) is 19.5. The van der Waals surface area contributed by atoms with Crippen molar-refractivity contribution in [3.63, 3.8) is 0 Å². The molecule has 0 aromatic heterocycles. The van der Waals surface area contributed by atoms with E-state index in [1.165, 1.54) is 6.42 Å². The second-order valence-corrected chi connectivity index (χ2v) is 7.58. The average Bonchev–Trinajstić information content (AvgIpc) is 2.81. The summed E-state index contributed by atoms with van der Waals surface area (Å²) in [5.74, 6) is 0. The van der Waals surface area contributed by atoms with Crippen molar-refractivity contribution in [1.29, 1.82) is 5.26 Å². The van der Waals surface area contributed by atoms with E-state index in [9.17, 15) is 0 Å². The first-order chi connectivity index (χ1) is 9.80. The number of nitriles is 1. The number of hydrogen-bond donors (Lipinski definition) is 0. The molecule has 0 saturated carbocycles. The van der Waals surface area contributed by atoms with Gasteiger partial charge in [-0.15, -0.1) is 0 Å². The molecule has 1 aliphatic heterocycles. The van der Waals surface area contributed by atoms with Crippen LogP contribution in [0.2, 0.25) is 5.02 Å². The fourth-order valence-electron chi connectivity index (χ4n) is 2.88. The summed E-state index contributed by atoms with van der Waals surface area (Å²) in [6, 6.07) is 8.42. The van der Waals surface area contributed by atoms with Crippen LogP contribution in [0.1, 0.15) is 32.8 Å².